The first-order valence-corrected chi connectivity index (χ1v) is 21.6. The number of nitro groups is 2. The molecule has 0 fully saturated rings. The largest absolute Gasteiger partial charge is 0.466 e. The molecule has 23 nitrogen and oxygen atoms in total. The van der Waals surface area contributed by atoms with Crippen LogP contribution in [0.15, 0.2) is 58.8 Å². The van der Waals surface area contributed by atoms with E-state index in [1.165, 1.54) is 6.26 Å². The first-order chi connectivity index (χ1) is 30.0. The number of hydrogen-bond acceptors (Lipinski definition) is 20. The number of anilines is 4. The summed E-state index contributed by atoms with van der Waals surface area (Å²) in [6, 6.07) is 13.6. The van der Waals surface area contributed by atoms with Crippen LogP contribution in [0.2, 0.25) is 0 Å². The number of rotatable bonds is 18. The number of amides is 2. The molecule has 4 rings (SSSR count). The number of ether oxygens (including phenoxy) is 4. The second kappa shape index (κ2) is 27.2. The van der Waals surface area contributed by atoms with Gasteiger partial charge in [0, 0.05) is 6.26 Å². The molecule has 4 aromatic rings. The summed E-state index contributed by atoms with van der Waals surface area (Å²) in [7, 11) is -1.72. The van der Waals surface area contributed by atoms with Crippen LogP contribution in [0.25, 0.3) is 0 Å². The van der Waals surface area contributed by atoms with E-state index in [1.54, 1.807) is 82.5 Å². The van der Waals surface area contributed by atoms with Gasteiger partial charge in [0.25, 0.3) is 0 Å². The molecular formula is C40H54N10O13S2. The lowest BCUT2D eigenvalue weighted by Crippen LogP contribution is -2.33. The van der Waals surface area contributed by atoms with Crippen molar-refractivity contribution >= 4 is 81.3 Å². The standard InChI is InChI=1S/C19H23N5O7S.C19H23N5O6S.2CH4/c1-4-30-14(25)10-12-7-6-8-13(9-12)11-23(19(26)31-5-2)17-15(24(27)28)16(20)21-18(22-17)32(3)29;1-4-29-14(25)10-12-7-6-8-13(9-12)11-23(19(26)30-5-2)17-15(24(27)28)16(20)21-18(22-17)31-3;;/h6-9H,4-5,10-11H2,1-3H3,(H2,20,21,22);6-9H,4-5,10-11H2,1-3H3,(H2,20,21,22);2*1H4. The number of nitrogen functional groups attached to an aromatic ring is 2. The Labute approximate surface area is 382 Å². The van der Waals surface area contributed by atoms with Gasteiger partial charge in [0.05, 0.1) is 73.0 Å². The highest BCUT2D eigenvalue weighted by Crippen LogP contribution is 2.35. The second-order valence-electron chi connectivity index (χ2n) is 12.5. The fourth-order valence-corrected chi connectivity index (χ4v) is 6.29. The maximum absolute atomic E-state index is 12.7. The normalized spacial score (nSPS) is 10.6. The Morgan fingerprint density at radius 1 is 0.662 bits per heavy atom. The van der Waals surface area contributed by atoms with Crippen LogP contribution in [0.1, 0.15) is 64.8 Å². The third-order valence-electron chi connectivity index (χ3n) is 8.01. The topological polar surface area (TPSA) is 319 Å². The highest BCUT2D eigenvalue weighted by molar-refractivity contribution is 7.98. The van der Waals surface area contributed by atoms with Crippen LogP contribution in [-0.4, -0.2) is 97.1 Å². The third kappa shape index (κ3) is 16.2. The van der Waals surface area contributed by atoms with Crippen LogP contribution in [0.5, 0.6) is 0 Å². The smallest absolute Gasteiger partial charge is 0.415 e. The van der Waals surface area contributed by atoms with Gasteiger partial charge >= 0.3 is 35.5 Å². The fraction of sp³-hybridized carbons (Fsp3) is 0.400. The minimum atomic E-state index is -1.72. The average Bonchev–Trinajstić information content (AvgIpc) is 3.21. The summed E-state index contributed by atoms with van der Waals surface area (Å²) in [6.07, 6.45) is 1.28. The van der Waals surface area contributed by atoms with Crippen molar-refractivity contribution in [3.63, 3.8) is 0 Å². The highest BCUT2D eigenvalue weighted by Gasteiger charge is 2.34. The highest BCUT2D eigenvalue weighted by atomic mass is 32.2. The minimum absolute atomic E-state index is 0. The molecule has 0 aliphatic carbocycles. The van der Waals surface area contributed by atoms with E-state index in [-0.39, 0.29) is 95.1 Å². The molecule has 0 saturated carbocycles. The Morgan fingerprint density at radius 2 is 1.05 bits per heavy atom. The molecule has 2 heterocycles. The van der Waals surface area contributed by atoms with Crippen LogP contribution >= 0.6 is 11.8 Å². The molecule has 4 N–H and O–H groups in total. The van der Waals surface area contributed by atoms with Gasteiger partial charge in [-0.3, -0.25) is 43.8 Å². The summed E-state index contributed by atoms with van der Waals surface area (Å²) in [6.45, 7) is 6.89. The number of esters is 2. The molecule has 0 bridgehead atoms. The summed E-state index contributed by atoms with van der Waals surface area (Å²) in [5.41, 5.74) is 12.6. The van der Waals surface area contributed by atoms with Gasteiger partial charge in [-0.15, -0.1) is 0 Å². The van der Waals surface area contributed by atoms with Gasteiger partial charge in [0.15, 0.2) is 5.16 Å². The zero-order valence-electron chi connectivity index (χ0n) is 35.1. The molecule has 65 heavy (non-hydrogen) atoms. The first-order valence-electron chi connectivity index (χ1n) is 18.8. The SMILES string of the molecule is C.C.CCOC(=O)Cc1cccc(CN(C(=O)OCC)c2nc(S(C)=O)nc(N)c2[N+](=O)[O-])c1.CCOC(=O)Cc1cccc(CN(C(=O)OCC)c2nc(SC)nc(N)c2[N+](=O)[O-])c1. The van der Waals surface area contributed by atoms with Gasteiger partial charge in [-0.2, -0.15) is 19.9 Å². The molecule has 0 saturated heterocycles. The van der Waals surface area contributed by atoms with E-state index < -0.39 is 61.8 Å². The van der Waals surface area contributed by atoms with Crippen molar-refractivity contribution < 1.29 is 52.2 Å². The maximum Gasteiger partial charge on any atom is 0.415 e. The summed E-state index contributed by atoms with van der Waals surface area (Å²) < 4.78 is 31.9. The van der Waals surface area contributed by atoms with Crippen LogP contribution in [0.4, 0.5) is 44.2 Å². The number of nitrogens with zero attached hydrogens (tertiary/aromatic N) is 8. The number of aromatic nitrogens is 4. The molecule has 354 valence electrons. The molecular weight excluding hydrogens is 893 g/mol. The van der Waals surface area contributed by atoms with Gasteiger partial charge in [-0.05, 0) is 56.2 Å². The summed E-state index contributed by atoms with van der Waals surface area (Å²) in [5.74, 6) is -2.40. The molecule has 0 aliphatic rings. The Hall–Kier alpha value is -7.02. The summed E-state index contributed by atoms with van der Waals surface area (Å²) >= 11 is 1.13. The average molecular weight is 947 g/mol. The molecule has 1 atom stereocenters. The van der Waals surface area contributed by atoms with Gasteiger partial charge < -0.3 is 30.4 Å². The molecule has 1 unspecified atom stereocenters. The fourth-order valence-electron chi connectivity index (χ4n) is 5.48. The zero-order chi connectivity index (χ0) is 46.8. The van der Waals surface area contributed by atoms with Gasteiger partial charge in [0.1, 0.15) is 0 Å². The van der Waals surface area contributed by atoms with Crippen molar-refractivity contribution in [2.75, 3.05) is 60.2 Å². The number of carbonyl (C=O) groups excluding carboxylic acids is 4. The van der Waals surface area contributed by atoms with Crippen molar-refractivity contribution in [3.05, 3.63) is 91.0 Å². The Morgan fingerprint density at radius 3 is 1.42 bits per heavy atom. The quantitative estimate of drug-likeness (QED) is 0.0280. The van der Waals surface area contributed by atoms with Gasteiger partial charge in [0.2, 0.25) is 28.4 Å². The first kappa shape index (κ1) is 56.0. The Bertz CT molecular complexity index is 2340. The van der Waals surface area contributed by atoms with Crippen molar-refractivity contribution in [2.24, 2.45) is 0 Å². The molecule has 25 heteroatoms. The van der Waals surface area contributed by atoms with E-state index in [0.29, 0.717) is 22.3 Å². The van der Waals surface area contributed by atoms with Crippen molar-refractivity contribution in [2.45, 2.75) is 78.8 Å². The Balaban J connectivity index is 0.000000631. The molecule has 2 aromatic heterocycles. The zero-order valence-corrected chi connectivity index (χ0v) is 36.8. The molecule has 2 aromatic carbocycles. The van der Waals surface area contributed by atoms with Gasteiger partial charge in [-0.1, -0.05) is 75.1 Å². The van der Waals surface area contributed by atoms with Crippen LogP contribution in [0.3, 0.4) is 0 Å². The van der Waals surface area contributed by atoms with Crippen LogP contribution in [0, 0.1) is 20.2 Å². The number of thioether (sulfide) groups is 1. The number of nitrogens with two attached hydrogens (primary N) is 2. The maximum atomic E-state index is 12.7. The summed E-state index contributed by atoms with van der Waals surface area (Å²) in [5, 5.41) is 23.2. The predicted octanol–water partition coefficient (Wildman–Crippen LogP) is 6.20. The lowest BCUT2D eigenvalue weighted by molar-refractivity contribution is -0.383. The monoisotopic (exact) mass is 946 g/mol. The minimum Gasteiger partial charge on any atom is -0.466 e. The van der Waals surface area contributed by atoms with E-state index in [9.17, 15) is 43.6 Å². The number of benzene rings is 2. The third-order valence-corrected chi connectivity index (χ3v) is 9.25. The molecule has 0 radical (unpaired) electrons. The molecule has 0 spiro atoms. The molecule has 2 amide bonds. The number of hydrogen-bond donors (Lipinski definition) is 2. The van der Waals surface area contributed by atoms with Crippen molar-refractivity contribution in [3.8, 4) is 0 Å². The Kier molecular flexibility index (Phi) is 23.5. The van der Waals surface area contributed by atoms with Crippen LogP contribution in [-0.2, 0) is 65.3 Å². The number of carbonyl (C=O) groups is 4. The van der Waals surface area contributed by atoms with E-state index in [0.717, 1.165) is 21.6 Å². The summed E-state index contributed by atoms with van der Waals surface area (Å²) in [4.78, 5) is 88.3. The molecule has 0 aliphatic heterocycles. The predicted molar refractivity (Wildman–Crippen MR) is 244 cm³/mol. The van der Waals surface area contributed by atoms with E-state index in [4.69, 9.17) is 30.4 Å². The van der Waals surface area contributed by atoms with Crippen molar-refractivity contribution in [1.82, 2.24) is 19.9 Å². The van der Waals surface area contributed by atoms with Gasteiger partial charge in [-0.25, -0.2) is 9.59 Å². The van der Waals surface area contributed by atoms with E-state index >= 15 is 0 Å². The van der Waals surface area contributed by atoms with Crippen molar-refractivity contribution in [1.29, 1.82) is 0 Å². The van der Waals surface area contributed by atoms with Crippen LogP contribution < -0.4 is 21.3 Å². The van der Waals surface area contributed by atoms with E-state index in [1.807, 2.05) is 0 Å². The lowest BCUT2D eigenvalue weighted by Gasteiger charge is -2.21. The second-order valence-corrected chi connectivity index (χ2v) is 14.5. The lowest BCUT2D eigenvalue weighted by atomic mass is 10.1. The van der Waals surface area contributed by atoms with E-state index in [2.05, 4.69) is 19.9 Å².